The number of unbranched alkanes of at least 4 members (excludes halogenated alkanes) is 10. The molecule has 4 nitrogen and oxygen atoms in total. The standard InChI is InChI=1S/C24H44O4/c1-2-3-4-5-6-7-10-13-16-20-21(23(26)19-22(20)25)17-14-11-8-9-12-15-18-24(27)28/h11,14,20-23,25-26H,2-10,12-13,15-19H2,1H3,(H,27,28)/t20-,21?,22?,23?/m1/s1. The molecule has 1 aliphatic carbocycles. The molecule has 4 heteroatoms. The van der Waals surface area contributed by atoms with E-state index in [9.17, 15) is 15.0 Å². The Morgan fingerprint density at radius 1 is 0.821 bits per heavy atom. The Kier molecular flexibility index (Phi) is 14.4. The summed E-state index contributed by atoms with van der Waals surface area (Å²) in [5.41, 5.74) is 0. The number of carboxylic acids is 1. The monoisotopic (exact) mass is 396 g/mol. The van der Waals surface area contributed by atoms with Crippen molar-refractivity contribution in [2.45, 2.75) is 122 Å². The van der Waals surface area contributed by atoms with Crippen LogP contribution >= 0.6 is 0 Å². The highest BCUT2D eigenvalue weighted by Crippen LogP contribution is 2.38. The van der Waals surface area contributed by atoms with E-state index in [1.54, 1.807) is 0 Å². The predicted molar refractivity (Wildman–Crippen MR) is 115 cm³/mol. The van der Waals surface area contributed by atoms with Gasteiger partial charge >= 0.3 is 5.97 Å². The zero-order valence-corrected chi connectivity index (χ0v) is 18.0. The number of carboxylic acid groups (broad SMARTS) is 1. The smallest absolute Gasteiger partial charge is 0.303 e. The summed E-state index contributed by atoms with van der Waals surface area (Å²) in [5.74, 6) is -0.301. The molecule has 164 valence electrons. The third-order valence-electron chi connectivity index (χ3n) is 6.25. The predicted octanol–water partition coefficient (Wildman–Crippen LogP) is 5.86. The first-order valence-electron chi connectivity index (χ1n) is 11.8. The van der Waals surface area contributed by atoms with Crippen LogP contribution in [0.2, 0.25) is 0 Å². The lowest BCUT2D eigenvalue weighted by molar-refractivity contribution is -0.137. The average Bonchev–Trinajstić information content (AvgIpc) is 2.92. The van der Waals surface area contributed by atoms with E-state index in [1.165, 1.54) is 44.9 Å². The molecule has 0 aliphatic heterocycles. The first-order valence-corrected chi connectivity index (χ1v) is 11.8. The lowest BCUT2D eigenvalue weighted by atomic mass is 9.86. The molecule has 3 unspecified atom stereocenters. The second-order valence-corrected chi connectivity index (χ2v) is 8.66. The van der Waals surface area contributed by atoms with Gasteiger partial charge in [-0.25, -0.2) is 0 Å². The minimum atomic E-state index is -0.716. The minimum absolute atomic E-state index is 0.183. The highest BCUT2D eigenvalue weighted by atomic mass is 16.4. The van der Waals surface area contributed by atoms with Gasteiger partial charge in [0.25, 0.3) is 0 Å². The van der Waals surface area contributed by atoms with Crippen molar-refractivity contribution in [1.82, 2.24) is 0 Å². The maximum absolute atomic E-state index is 10.5. The largest absolute Gasteiger partial charge is 0.481 e. The molecule has 1 saturated carbocycles. The zero-order valence-electron chi connectivity index (χ0n) is 18.0. The van der Waals surface area contributed by atoms with E-state index in [0.29, 0.717) is 6.42 Å². The highest BCUT2D eigenvalue weighted by Gasteiger charge is 2.40. The molecule has 0 saturated heterocycles. The third-order valence-corrected chi connectivity index (χ3v) is 6.25. The molecular weight excluding hydrogens is 352 g/mol. The number of aliphatic carboxylic acids is 1. The summed E-state index contributed by atoms with van der Waals surface area (Å²) < 4.78 is 0. The molecule has 4 atom stereocenters. The Hall–Kier alpha value is -0.870. The van der Waals surface area contributed by atoms with Crippen molar-refractivity contribution in [2.75, 3.05) is 0 Å². The van der Waals surface area contributed by atoms with Gasteiger partial charge in [-0.1, -0.05) is 76.9 Å². The van der Waals surface area contributed by atoms with Crippen molar-refractivity contribution in [3.8, 4) is 0 Å². The van der Waals surface area contributed by atoms with Gasteiger partial charge in [0.1, 0.15) is 0 Å². The van der Waals surface area contributed by atoms with Crippen LogP contribution in [0.1, 0.15) is 110 Å². The van der Waals surface area contributed by atoms with Crippen LogP contribution in [-0.4, -0.2) is 33.5 Å². The van der Waals surface area contributed by atoms with Gasteiger partial charge in [0.05, 0.1) is 12.2 Å². The number of carbonyl (C=O) groups is 1. The van der Waals surface area contributed by atoms with Gasteiger partial charge in [0, 0.05) is 6.42 Å². The van der Waals surface area contributed by atoms with Crippen molar-refractivity contribution in [3.05, 3.63) is 12.2 Å². The topological polar surface area (TPSA) is 77.8 Å². The molecule has 0 aromatic carbocycles. The van der Waals surface area contributed by atoms with Gasteiger partial charge in [0.2, 0.25) is 0 Å². The van der Waals surface area contributed by atoms with Crippen molar-refractivity contribution in [1.29, 1.82) is 0 Å². The van der Waals surface area contributed by atoms with Crippen molar-refractivity contribution in [3.63, 3.8) is 0 Å². The quantitative estimate of drug-likeness (QED) is 0.213. The van der Waals surface area contributed by atoms with Crippen LogP contribution < -0.4 is 0 Å². The summed E-state index contributed by atoms with van der Waals surface area (Å²) in [6.45, 7) is 2.25. The minimum Gasteiger partial charge on any atom is -0.481 e. The number of allylic oxidation sites excluding steroid dienone is 2. The summed E-state index contributed by atoms with van der Waals surface area (Å²) >= 11 is 0. The van der Waals surface area contributed by atoms with Crippen LogP contribution in [-0.2, 0) is 4.79 Å². The summed E-state index contributed by atoms with van der Waals surface area (Å²) in [7, 11) is 0. The van der Waals surface area contributed by atoms with Gasteiger partial charge < -0.3 is 15.3 Å². The van der Waals surface area contributed by atoms with E-state index in [2.05, 4.69) is 19.1 Å². The lowest BCUT2D eigenvalue weighted by Crippen LogP contribution is -2.21. The van der Waals surface area contributed by atoms with Crippen molar-refractivity contribution in [2.24, 2.45) is 11.8 Å². The molecule has 1 aliphatic rings. The molecule has 1 rings (SSSR count). The SMILES string of the molecule is CCCCCCCCCC[C@H]1C(O)CC(O)C1CC=CCCCCCC(=O)O. The molecule has 0 amide bonds. The fourth-order valence-electron chi connectivity index (χ4n) is 4.51. The molecule has 0 bridgehead atoms. The fourth-order valence-corrected chi connectivity index (χ4v) is 4.51. The first-order chi connectivity index (χ1) is 13.6. The van der Waals surface area contributed by atoms with E-state index in [-0.39, 0.29) is 30.5 Å². The molecule has 28 heavy (non-hydrogen) atoms. The molecular formula is C24H44O4. The lowest BCUT2D eigenvalue weighted by Gasteiger charge is -2.22. The van der Waals surface area contributed by atoms with Crippen molar-refractivity contribution < 1.29 is 20.1 Å². The van der Waals surface area contributed by atoms with E-state index in [1.807, 2.05) is 0 Å². The van der Waals surface area contributed by atoms with Gasteiger partial charge in [-0.3, -0.25) is 4.79 Å². The second-order valence-electron chi connectivity index (χ2n) is 8.66. The summed E-state index contributed by atoms with van der Waals surface area (Å²) in [6, 6.07) is 0. The normalized spacial score (nSPS) is 25.0. The molecule has 0 aromatic heterocycles. The Balaban J connectivity index is 2.18. The number of aliphatic hydroxyl groups is 2. The molecule has 0 heterocycles. The summed E-state index contributed by atoms with van der Waals surface area (Å²) in [5, 5.41) is 29.3. The Morgan fingerprint density at radius 2 is 1.43 bits per heavy atom. The van der Waals surface area contributed by atoms with Crippen LogP contribution in [0.5, 0.6) is 0 Å². The number of aliphatic hydroxyl groups excluding tert-OH is 2. The van der Waals surface area contributed by atoms with Gasteiger partial charge in [0.15, 0.2) is 0 Å². The number of hydrogen-bond donors (Lipinski definition) is 3. The molecule has 0 spiro atoms. The number of hydrogen-bond acceptors (Lipinski definition) is 3. The number of rotatable bonds is 17. The van der Waals surface area contributed by atoms with E-state index in [4.69, 9.17) is 5.11 Å². The second kappa shape index (κ2) is 16.0. The van der Waals surface area contributed by atoms with E-state index in [0.717, 1.165) is 44.9 Å². The van der Waals surface area contributed by atoms with Crippen LogP contribution in [0.4, 0.5) is 0 Å². The first kappa shape index (κ1) is 25.2. The fraction of sp³-hybridized carbons (Fsp3) is 0.875. The van der Waals surface area contributed by atoms with Crippen LogP contribution in [0.25, 0.3) is 0 Å². The van der Waals surface area contributed by atoms with E-state index >= 15 is 0 Å². The summed E-state index contributed by atoms with van der Waals surface area (Å²) in [6.07, 6.45) is 20.3. The molecule has 0 aromatic rings. The molecule has 1 fully saturated rings. The van der Waals surface area contributed by atoms with Gasteiger partial charge in [-0.05, 0) is 50.4 Å². The molecule has 0 radical (unpaired) electrons. The third kappa shape index (κ3) is 11.2. The Morgan fingerprint density at radius 3 is 2.11 bits per heavy atom. The van der Waals surface area contributed by atoms with Crippen LogP contribution in [0.3, 0.4) is 0 Å². The maximum atomic E-state index is 10.5. The van der Waals surface area contributed by atoms with Gasteiger partial charge in [-0.2, -0.15) is 0 Å². The average molecular weight is 397 g/mol. The zero-order chi connectivity index (χ0) is 20.6. The van der Waals surface area contributed by atoms with E-state index < -0.39 is 5.97 Å². The maximum Gasteiger partial charge on any atom is 0.303 e. The highest BCUT2D eigenvalue weighted by molar-refractivity contribution is 5.66. The Labute approximate surface area is 172 Å². The van der Waals surface area contributed by atoms with Crippen LogP contribution in [0.15, 0.2) is 12.2 Å². The van der Waals surface area contributed by atoms with Gasteiger partial charge in [-0.15, -0.1) is 0 Å². The molecule has 3 N–H and O–H groups in total. The van der Waals surface area contributed by atoms with Crippen molar-refractivity contribution >= 4 is 5.97 Å². The Bertz CT molecular complexity index is 421. The summed E-state index contributed by atoms with van der Waals surface area (Å²) in [4.78, 5) is 10.5. The van der Waals surface area contributed by atoms with Crippen LogP contribution in [0, 0.1) is 11.8 Å².